The quantitative estimate of drug-likeness (QED) is 0.619. The molecule has 0 N–H and O–H groups in total. The van der Waals surface area contributed by atoms with Gasteiger partial charge in [-0.05, 0) is 38.5 Å². The van der Waals surface area contributed by atoms with Crippen molar-refractivity contribution in [3.8, 4) is 0 Å². The molecular weight excluding hydrogens is 172 g/mol. The number of methoxy groups -OCH3 is 1. The van der Waals surface area contributed by atoms with E-state index in [1.807, 2.05) is 0 Å². The molecule has 0 heterocycles. The van der Waals surface area contributed by atoms with Crippen LogP contribution in [-0.2, 0) is 4.74 Å². The van der Waals surface area contributed by atoms with Crippen LogP contribution in [0.2, 0.25) is 0 Å². The molecule has 0 saturated heterocycles. The molecule has 2 heteroatoms. The topological polar surface area (TPSA) is 9.23 Å². The van der Waals surface area contributed by atoms with E-state index in [4.69, 9.17) is 16.3 Å². The Morgan fingerprint density at radius 1 is 1.42 bits per heavy atom. The summed E-state index contributed by atoms with van der Waals surface area (Å²) in [5, 5.41) is 0. The van der Waals surface area contributed by atoms with Gasteiger partial charge in [-0.3, -0.25) is 0 Å². The molecule has 0 aromatic rings. The summed E-state index contributed by atoms with van der Waals surface area (Å²) >= 11 is 5.97. The molecule has 0 aromatic carbocycles. The van der Waals surface area contributed by atoms with Gasteiger partial charge in [-0.1, -0.05) is 6.42 Å². The Morgan fingerprint density at radius 3 is 2.25 bits per heavy atom. The minimum absolute atomic E-state index is 0.00465. The number of alkyl halides is 1. The highest BCUT2D eigenvalue weighted by atomic mass is 35.5. The van der Waals surface area contributed by atoms with Crippen LogP contribution < -0.4 is 0 Å². The fourth-order valence-electron chi connectivity index (χ4n) is 2.01. The summed E-state index contributed by atoms with van der Waals surface area (Å²) in [5.74, 6) is 0.791. The second-order valence-corrected chi connectivity index (χ2v) is 4.90. The number of hydrogen-bond acceptors (Lipinski definition) is 1. The van der Waals surface area contributed by atoms with Crippen LogP contribution in [0.25, 0.3) is 0 Å². The number of hydrogen-bond donors (Lipinski definition) is 0. The zero-order valence-electron chi connectivity index (χ0n) is 8.32. The number of halogens is 1. The Kier molecular flexibility index (Phi) is 3.06. The van der Waals surface area contributed by atoms with Crippen molar-refractivity contribution < 1.29 is 4.74 Å². The van der Waals surface area contributed by atoms with Gasteiger partial charge in [0, 0.05) is 13.0 Å². The van der Waals surface area contributed by atoms with Gasteiger partial charge < -0.3 is 4.74 Å². The van der Waals surface area contributed by atoms with Crippen molar-refractivity contribution in [2.24, 2.45) is 5.41 Å². The van der Waals surface area contributed by atoms with Crippen LogP contribution in [0.15, 0.2) is 0 Å². The lowest BCUT2D eigenvalue weighted by Crippen LogP contribution is -2.39. The molecule has 0 spiro atoms. The van der Waals surface area contributed by atoms with Crippen LogP contribution in [-0.4, -0.2) is 18.6 Å². The summed E-state index contributed by atoms with van der Waals surface area (Å²) < 4.78 is 5.41. The average molecular weight is 191 g/mol. The van der Waals surface area contributed by atoms with Gasteiger partial charge in [-0.15, -0.1) is 11.6 Å². The zero-order chi connectivity index (χ0) is 9.24. The van der Waals surface area contributed by atoms with Gasteiger partial charge in [0.2, 0.25) is 0 Å². The molecule has 1 fully saturated rings. The fraction of sp³-hybridized carbons (Fsp3) is 1.00. The Balaban J connectivity index is 2.47. The second-order valence-electron chi connectivity index (χ2n) is 4.63. The SMILES string of the molecule is COC(C)(C)CC1(CCl)CCC1. The third-order valence-electron chi connectivity index (χ3n) is 3.05. The predicted octanol–water partition coefficient (Wildman–Crippen LogP) is 3.21. The van der Waals surface area contributed by atoms with Crippen molar-refractivity contribution >= 4 is 11.6 Å². The maximum Gasteiger partial charge on any atom is 0.0628 e. The summed E-state index contributed by atoms with van der Waals surface area (Å²) in [5.41, 5.74) is 0.385. The lowest BCUT2D eigenvalue weighted by atomic mass is 9.65. The van der Waals surface area contributed by atoms with Gasteiger partial charge in [0.05, 0.1) is 5.60 Å². The number of rotatable bonds is 4. The summed E-state index contributed by atoms with van der Waals surface area (Å²) in [6.45, 7) is 4.28. The molecule has 1 saturated carbocycles. The Bertz CT molecular complexity index is 144. The van der Waals surface area contributed by atoms with E-state index in [2.05, 4.69) is 13.8 Å². The highest BCUT2D eigenvalue weighted by molar-refractivity contribution is 6.18. The van der Waals surface area contributed by atoms with Crippen LogP contribution in [0.3, 0.4) is 0 Å². The maximum atomic E-state index is 5.97. The Hall–Kier alpha value is 0.250. The maximum absolute atomic E-state index is 5.97. The van der Waals surface area contributed by atoms with E-state index in [9.17, 15) is 0 Å². The summed E-state index contributed by atoms with van der Waals surface area (Å²) in [6.07, 6.45) is 5.00. The zero-order valence-corrected chi connectivity index (χ0v) is 9.08. The first-order chi connectivity index (χ1) is 5.54. The summed E-state index contributed by atoms with van der Waals surface area (Å²) in [7, 11) is 1.78. The molecule has 1 aliphatic carbocycles. The fourth-order valence-corrected chi connectivity index (χ4v) is 2.37. The largest absolute Gasteiger partial charge is 0.379 e. The van der Waals surface area contributed by atoms with Crippen molar-refractivity contribution in [3.63, 3.8) is 0 Å². The number of ether oxygens (including phenoxy) is 1. The van der Waals surface area contributed by atoms with Gasteiger partial charge in [-0.25, -0.2) is 0 Å². The average Bonchev–Trinajstić information content (AvgIpc) is 1.97. The van der Waals surface area contributed by atoms with Crippen molar-refractivity contribution in [2.75, 3.05) is 13.0 Å². The molecule has 0 aromatic heterocycles. The van der Waals surface area contributed by atoms with Gasteiger partial charge in [0.25, 0.3) is 0 Å². The van der Waals surface area contributed by atoms with Crippen molar-refractivity contribution in [1.82, 2.24) is 0 Å². The molecule has 1 nitrogen and oxygen atoms in total. The standard InChI is InChI=1S/C10H19ClO/c1-9(2,12-3)7-10(8-11)5-4-6-10/h4-8H2,1-3H3. The van der Waals surface area contributed by atoms with Gasteiger partial charge in [-0.2, -0.15) is 0 Å². The normalized spacial score (nSPS) is 22.0. The molecule has 1 rings (SSSR count). The van der Waals surface area contributed by atoms with E-state index in [1.165, 1.54) is 19.3 Å². The predicted molar refractivity (Wildman–Crippen MR) is 52.7 cm³/mol. The highest BCUT2D eigenvalue weighted by Crippen LogP contribution is 2.48. The van der Waals surface area contributed by atoms with E-state index in [0.717, 1.165) is 12.3 Å². The molecule has 0 aliphatic heterocycles. The Labute approximate surface area is 80.4 Å². The van der Waals surface area contributed by atoms with E-state index in [0.29, 0.717) is 5.41 Å². The smallest absolute Gasteiger partial charge is 0.0628 e. The molecule has 12 heavy (non-hydrogen) atoms. The first-order valence-electron chi connectivity index (χ1n) is 4.65. The van der Waals surface area contributed by atoms with Crippen LogP contribution in [0.4, 0.5) is 0 Å². The molecular formula is C10H19ClO. The first-order valence-corrected chi connectivity index (χ1v) is 5.18. The second kappa shape index (κ2) is 3.55. The first kappa shape index (κ1) is 10.3. The molecule has 0 atom stereocenters. The molecule has 0 radical (unpaired) electrons. The Morgan fingerprint density at radius 2 is 2.00 bits per heavy atom. The lowest BCUT2D eigenvalue weighted by Gasteiger charge is -2.44. The van der Waals surface area contributed by atoms with Crippen LogP contribution >= 0.6 is 11.6 Å². The lowest BCUT2D eigenvalue weighted by molar-refractivity contribution is -0.0361. The molecule has 72 valence electrons. The van der Waals surface area contributed by atoms with Gasteiger partial charge >= 0.3 is 0 Å². The van der Waals surface area contributed by atoms with Crippen LogP contribution in [0, 0.1) is 5.41 Å². The molecule has 0 amide bonds. The summed E-state index contributed by atoms with van der Waals surface area (Å²) in [4.78, 5) is 0. The van der Waals surface area contributed by atoms with Crippen LogP contribution in [0.5, 0.6) is 0 Å². The van der Waals surface area contributed by atoms with E-state index >= 15 is 0 Å². The molecule has 0 bridgehead atoms. The van der Waals surface area contributed by atoms with Crippen molar-refractivity contribution in [2.45, 2.75) is 45.1 Å². The third kappa shape index (κ3) is 2.14. The van der Waals surface area contributed by atoms with Gasteiger partial charge in [0.15, 0.2) is 0 Å². The van der Waals surface area contributed by atoms with Crippen molar-refractivity contribution in [3.05, 3.63) is 0 Å². The minimum Gasteiger partial charge on any atom is -0.379 e. The van der Waals surface area contributed by atoms with Crippen molar-refractivity contribution in [1.29, 1.82) is 0 Å². The van der Waals surface area contributed by atoms with E-state index < -0.39 is 0 Å². The minimum atomic E-state index is -0.00465. The van der Waals surface area contributed by atoms with E-state index in [1.54, 1.807) is 7.11 Å². The van der Waals surface area contributed by atoms with Gasteiger partial charge in [0.1, 0.15) is 0 Å². The van der Waals surface area contributed by atoms with E-state index in [-0.39, 0.29) is 5.60 Å². The molecule has 1 aliphatic rings. The highest BCUT2D eigenvalue weighted by Gasteiger charge is 2.40. The summed E-state index contributed by atoms with van der Waals surface area (Å²) in [6, 6.07) is 0. The molecule has 0 unspecified atom stereocenters. The monoisotopic (exact) mass is 190 g/mol. The van der Waals surface area contributed by atoms with Crippen LogP contribution in [0.1, 0.15) is 39.5 Å². The third-order valence-corrected chi connectivity index (χ3v) is 3.62.